The van der Waals surface area contributed by atoms with Gasteiger partial charge in [-0.25, -0.2) is 0 Å². The number of nitrogens with zero attached hydrogens (tertiary/aromatic N) is 1. The maximum absolute atomic E-state index is 11.5. The zero-order chi connectivity index (χ0) is 16.2. The molecule has 1 aromatic carbocycles. The molecule has 3 rings (SSSR count). The second-order valence-corrected chi connectivity index (χ2v) is 6.38. The minimum atomic E-state index is -0.181. The predicted molar refractivity (Wildman–Crippen MR) is 97.4 cm³/mol. The Hall–Kier alpha value is -2.29. The molecule has 0 aliphatic heterocycles. The topological polar surface area (TPSA) is 34.0 Å². The lowest BCUT2D eigenvalue weighted by molar-refractivity contribution is -0.111. The van der Waals surface area contributed by atoms with Crippen molar-refractivity contribution >= 4 is 28.6 Å². The Kier molecular flexibility index (Phi) is 4.65. The first-order chi connectivity index (χ1) is 11.2. The van der Waals surface area contributed by atoms with Crippen molar-refractivity contribution in [3.05, 3.63) is 48.7 Å². The van der Waals surface area contributed by atoms with Crippen LogP contribution in [-0.4, -0.2) is 10.5 Å². The van der Waals surface area contributed by atoms with Gasteiger partial charge in [-0.15, -0.1) is 0 Å². The van der Waals surface area contributed by atoms with Crippen LogP contribution >= 0.6 is 0 Å². The molecule has 1 aromatic heterocycles. The SMILES string of the molecule is C=CC(=O)Nc1ccc2c(c1)c(C=CC1CCCCC1)cn2C. The third-order valence-electron chi connectivity index (χ3n) is 4.67. The zero-order valence-corrected chi connectivity index (χ0v) is 13.7. The second kappa shape index (κ2) is 6.86. The van der Waals surface area contributed by atoms with E-state index in [0.29, 0.717) is 5.92 Å². The standard InChI is InChI=1S/C20H24N2O/c1-3-20(23)21-17-11-12-19-18(13-17)16(14-22(19)2)10-9-15-7-5-4-6-8-15/h3,9-15H,1,4-8H2,2H3,(H,21,23). The minimum Gasteiger partial charge on any atom is -0.350 e. The van der Waals surface area contributed by atoms with Crippen LogP contribution in [0.4, 0.5) is 5.69 Å². The summed E-state index contributed by atoms with van der Waals surface area (Å²) in [6.07, 6.45) is 14.8. The zero-order valence-electron chi connectivity index (χ0n) is 13.7. The van der Waals surface area contributed by atoms with E-state index >= 15 is 0 Å². The number of allylic oxidation sites excluding steroid dienone is 1. The lowest BCUT2D eigenvalue weighted by Crippen LogP contribution is -2.06. The molecule has 1 heterocycles. The molecular formula is C20H24N2O. The Morgan fingerprint density at radius 2 is 2.09 bits per heavy atom. The molecule has 2 aromatic rings. The molecule has 23 heavy (non-hydrogen) atoms. The average Bonchev–Trinajstić information content (AvgIpc) is 2.89. The van der Waals surface area contributed by atoms with Crippen molar-refractivity contribution in [1.82, 2.24) is 4.57 Å². The van der Waals surface area contributed by atoms with Gasteiger partial charge in [-0.3, -0.25) is 4.79 Å². The Morgan fingerprint density at radius 1 is 1.30 bits per heavy atom. The fourth-order valence-electron chi connectivity index (χ4n) is 3.39. The molecule has 0 bridgehead atoms. The molecule has 3 heteroatoms. The van der Waals surface area contributed by atoms with Crippen molar-refractivity contribution in [2.24, 2.45) is 13.0 Å². The maximum Gasteiger partial charge on any atom is 0.247 e. The second-order valence-electron chi connectivity index (χ2n) is 6.38. The van der Waals surface area contributed by atoms with Gasteiger partial charge in [-0.2, -0.15) is 0 Å². The van der Waals surface area contributed by atoms with Crippen molar-refractivity contribution in [3.8, 4) is 0 Å². The van der Waals surface area contributed by atoms with Crippen LogP contribution in [0.3, 0.4) is 0 Å². The lowest BCUT2D eigenvalue weighted by atomic mass is 9.89. The Bertz CT molecular complexity index is 748. The summed E-state index contributed by atoms with van der Waals surface area (Å²) in [5, 5.41) is 4.00. The molecular weight excluding hydrogens is 284 g/mol. The third kappa shape index (κ3) is 3.55. The Labute approximate surface area is 137 Å². The van der Waals surface area contributed by atoms with E-state index in [2.05, 4.69) is 41.9 Å². The van der Waals surface area contributed by atoms with Crippen LogP contribution < -0.4 is 5.32 Å². The molecule has 1 aliphatic rings. The molecule has 0 spiro atoms. The van der Waals surface area contributed by atoms with Gasteiger partial charge in [0.05, 0.1) is 0 Å². The highest BCUT2D eigenvalue weighted by Crippen LogP contribution is 2.28. The number of fused-ring (bicyclic) bond motifs is 1. The number of anilines is 1. The first-order valence-corrected chi connectivity index (χ1v) is 8.38. The van der Waals surface area contributed by atoms with Gasteiger partial charge in [0, 0.05) is 29.8 Å². The molecule has 1 N–H and O–H groups in total. The van der Waals surface area contributed by atoms with E-state index in [1.807, 2.05) is 18.2 Å². The van der Waals surface area contributed by atoms with Crippen LogP contribution in [0.1, 0.15) is 37.7 Å². The highest BCUT2D eigenvalue weighted by molar-refractivity contribution is 6.01. The molecule has 0 radical (unpaired) electrons. The number of rotatable bonds is 4. The summed E-state index contributed by atoms with van der Waals surface area (Å²) in [6, 6.07) is 6.02. The summed E-state index contributed by atoms with van der Waals surface area (Å²) >= 11 is 0. The summed E-state index contributed by atoms with van der Waals surface area (Å²) in [5.74, 6) is 0.530. The summed E-state index contributed by atoms with van der Waals surface area (Å²) in [4.78, 5) is 11.5. The molecule has 1 amide bonds. The van der Waals surface area contributed by atoms with Crippen LogP contribution in [0.5, 0.6) is 0 Å². The molecule has 0 saturated heterocycles. The van der Waals surface area contributed by atoms with E-state index in [-0.39, 0.29) is 5.91 Å². The monoisotopic (exact) mass is 308 g/mol. The van der Waals surface area contributed by atoms with Crippen molar-refractivity contribution in [1.29, 1.82) is 0 Å². The van der Waals surface area contributed by atoms with Crippen LogP contribution in [0.15, 0.2) is 43.1 Å². The molecule has 1 saturated carbocycles. The quantitative estimate of drug-likeness (QED) is 0.801. The van der Waals surface area contributed by atoms with Crippen molar-refractivity contribution in [2.75, 3.05) is 5.32 Å². The fraction of sp³-hybridized carbons (Fsp3) is 0.350. The molecule has 3 nitrogen and oxygen atoms in total. The molecule has 1 aliphatic carbocycles. The third-order valence-corrected chi connectivity index (χ3v) is 4.67. The van der Waals surface area contributed by atoms with Gasteiger partial charge in [-0.1, -0.05) is 38.0 Å². The number of hydrogen-bond acceptors (Lipinski definition) is 1. The smallest absolute Gasteiger partial charge is 0.247 e. The van der Waals surface area contributed by atoms with E-state index < -0.39 is 0 Å². The fourth-order valence-corrected chi connectivity index (χ4v) is 3.39. The predicted octanol–water partition coefficient (Wildman–Crippen LogP) is 4.90. The number of carbonyl (C=O) groups excluding carboxylic acids is 1. The van der Waals surface area contributed by atoms with E-state index in [1.54, 1.807) is 0 Å². The molecule has 0 atom stereocenters. The number of benzene rings is 1. The number of carbonyl (C=O) groups is 1. The largest absolute Gasteiger partial charge is 0.350 e. The highest BCUT2D eigenvalue weighted by Gasteiger charge is 2.11. The van der Waals surface area contributed by atoms with Crippen molar-refractivity contribution in [2.45, 2.75) is 32.1 Å². The summed E-state index contributed by atoms with van der Waals surface area (Å²) < 4.78 is 2.13. The Morgan fingerprint density at radius 3 is 2.83 bits per heavy atom. The van der Waals surface area contributed by atoms with Gasteiger partial charge < -0.3 is 9.88 Å². The van der Waals surface area contributed by atoms with E-state index in [1.165, 1.54) is 54.6 Å². The average molecular weight is 308 g/mol. The van der Waals surface area contributed by atoms with Gasteiger partial charge in [0.1, 0.15) is 0 Å². The first kappa shape index (κ1) is 15.6. The number of nitrogens with one attached hydrogen (secondary N) is 1. The number of aryl methyl sites for hydroxylation is 1. The van der Waals surface area contributed by atoms with E-state index in [9.17, 15) is 4.79 Å². The van der Waals surface area contributed by atoms with Gasteiger partial charge in [0.25, 0.3) is 0 Å². The maximum atomic E-state index is 11.5. The van der Waals surface area contributed by atoms with E-state index in [4.69, 9.17) is 0 Å². The van der Waals surface area contributed by atoms with Gasteiger partial charge >= 0.3 is 0 Å². The van der Waals surface area contributed by atoms with Crippen LogP contribution in [-0.2, 0) is 11.8 Å². The van der Waals surface area contributed by atoms with Crippen LogP contribution in [0, 0.1) is 5.92 Å². The summed E-state index contributed by atoms with van der Waals surface area (Å²) in [6.45, 7) is 3.49. The molecule has 1 fully saturated rings. The van der Waals surface area contributed by atoms with Gasteiger partial charge in [0.15, 0.2) is 0 Å². The van der Waals surface area contributed by atoms with Crippen molar-refractivity contribution in [3.63, 3.8) is 0 Å². The number of amides is 1. The van der Waals surface area contributed by atoms with Crippen molar-refractivity contribution < 1.29 is 4.79 Å². The molecule has 0 unspecified atom stereocenters. The number of aromatic nitrogens is 1. The van der Waals surface area contributed by atoms with Crippen LogP contribution in [0.2, 0.25) is 0 Å². The minimum absolute atomic E-state index is 0.181. The molecule has 120 valence electrons. The first-order valence-electron chi connectivity index (χ1n) is 8.38. The summed E-state index contributed by atoms with van der Waals surface area (Å²) in [5.41, 5.74) is 3.19. The van der Waals surface area contributed by atoms with Crippen LogP contribution in [0.25, 0.3) is 17.0 Å². The highest BCUT2D eigenvalue weighted by atomic mass is 16.1. The lowest BCUT2D eigenvalue weighted by Gasteiger charge is -2.17. The van der Waals surface area contributed by atoms with Gasteiger partial charge in [-0.05, 0) is 48.6 Å². The Balaban J connectivity index is 1.89. The van der Waals surface area contributed by atoms with E-state index in [0.717, 1.165) is 5.69 Å². The van der Waals surface area contributed by atoms with Gasteiger partial charge in [0.2, 0.25) is 5.91 Å². The normalized spacial score (nSPS) is 16.0. The number of hydrogen-bond donors (Lipinski definition) is 1. The summed E-state index contributed by atoms with van der Waals surface area (Å²) in [7, 11) is 2.06.